The van der Waals surface area contributed by atoms with Gasteiger partial charge in [-0.25, -0.2) is 4.98 Å². The smallest absolute Gasteiger partial charge is 0.372 e. The first-order valence-electron chi connectivity index (χ1n) is 7.46. The van der Waals surface area contributed by atoms with E-state index in [2.05, 4.69) is 22.0 Å². The van der Waals surface area contributed by atoms with Gasteiger partial charge in [-0.2, -0.15) is 0 Å². The molecule has 3 saturated heterocycles. The van der Waals surface area contributed by atoms with Crippen LogP contribution in [0, 0.1) is 0 Å². The van der Waals surface area contributed by atoms with Crippen molar-refractivity contribution < 1.29 is 13.3 Å². The van der Waals surface area contributed by atoms with Gasteiger partial charge in [0.05, 0.1) is 35.4 Å². The fourth-order valence-electron chi connectivity index (χ4n) is 2.64. The number of nitrogens with zero attached hydrogens (tertiary/aromatic N) is 2. The Hall–Kier alpha value is -0.483. The molecule has 3 fully saturated rings. The first-order valence-corrected chi connectivity index (χ1v) is 11.2. The summed E-state index contributed by atoms with van der Waals surface area (Å²) in [5.41, 5.74) is 1.06. The van der Waals surface area contributed by atoms with E-state index in [1.165, 1.54) is 4.70 Å². The molecule has 8 heteroatoms. The van der Waals surface area contributed by atoms with Crippen LogP contribution in [0.5, 0.6) is 0 Å². The van der Waals surface area contributed by atoms with Crippen LogP contribution in [0.1, 0.15) is 0 Å². The van der Waals surface area contributed by atoms with Gasteiger partial charge in [0.1, 0.15) is 0 Å². The summed E-state index contributed by atoms with van der Waals surface area (Å²) in [7, 11) is -2.56. The van der Waals surface area contributed by atoms with E-state index in [1.54, 1.807) is 23.1 Å². The molecule has 5 nitrogen and oxygen atoms in total. The fourth-order valence-corrected chi connectivity index (χ4v) is 8.19. The van der Waals surface area contributed by atoms with E-state index in [1.807, 2.05) is 12.1 Å². The first-order chi connectivity index (χ1) is 10.8. The second-order valence-corrected chi connectivity index (χ2v) is 10.7. The van der Waals surface area contributed by atoms with Crippen LogP contribution in [0.3, 0.4) is 0 Å². The van der Waals surface area contributed by atoms with Gasteiger partial charge in [-0.05, 0) is 12.1 Å². The molecule has 4 heterocycles. The first kappa shape index (κ1) is 15.1. The van der Waals surface area contributed by atoms with Gasteiger partial charge in [0.2, 0.25) is 0 Å². The van der Waals surface area contributed by atoms with E-state index in [-0.39, 0.29) is 0 Å². The minimum Gasteiger partial charge on any atom is -0.372 e. The highest BCUT2D eigenvalue weighted by molar-refractivity contribution is 8.02. The van der Waals surface area contributed by atoms with Crippen molar-refractivity contribution >= 4 is 42.1 Å². The lowest BCUT2D eigenvalue weighted by Crippen LogP contribution is -2.57. The van der Waals surface area contributed by atoms with E-state index >= 15 is 0 Å². The average Bonchev–Trinajstić information content (AvgIpc) is 2.88. The van der Waals surface area contributed by atoms with Crippen molar-refractivity contribution in [2.45, 2.75) is 4.34 Å². The molecule has 0 amide bonds. The summed E-state index contributed by atoms with van der Waals surface area (Å²) in [5.74, 6) is 0. The van der Waals surface area contributed by atoms with Crippen LogP contribution in [-0.4, -0.2) is 63.5 Å². The average molecular weight is 355 g/mol. The lowest BCUT2D eigenvalue weighted by atomic mass is 10.3. The van der Waals surface area contributed by atoms with Crippen molar-refractivity contribution in [3.63, 3.8) is 0 Å². The zero-order valence-electron chi connectivity index (χ0n) is 12.2. The van der Waals surface area contributed by atoms with Crippen LogP contribution >= 0.6 is 23.1 Å². The van der Waals surface area contributed by atoms with Crippen molar-refractivity contribution in [1.29, 1.82) is 0 Å². The molecule has 118 valence electrons. The quantitative estimate of drug-likeness (QED) is 0.622. The lowest BCUT2D eigenvalue weighted by Gasteiger charge is -2.37. The molecule has 2 bridgehead atoms. The Labute approximate surface area is 138 Å². The third-order valence-electron chi connectivity index (χ3n) is 3.84. The largest absolute Gasteiger partial charge is 0.511 e. The van der Waals surface area contributed by atoms with Gasteiger partial charge in [-0.3, -0.25) is 4.90 Å². The molecule has 2 aromatic rings. The molecule has 0 spiro atoms. The number of hydrogen-bond acceptors (Lipinski definition) is 7. The van der Waals surface area contributed by atoms with Gasteiger partial charge in [-0.1, -0.05) is 23.9 Å². The molecule has 0 radical (unpaired) electrons. The summed E-state index contributed by atoms with van der Waals surface area (Å²) in [6.07, 6.45) is 0. The van der Waals surface area contributed by atoms with E-state index in [9.17, 15) is 0 Å². The van der Waals surface area contributed by atoms with Crippen LogP contribution < -0.4 is 0 Å². The molecule has 0 atom stereocenters. The van der Waals surface area contributed by atoms with Crippen LogP contribution in [0.4, 0.5) is 0 Å². The molecule has 1 aromatic heterocycles. The predicted molar refractivity (Wildman–Crippen MR) is 90.4 cm³/mol. The summed E-state index contributed by atoms with van der Waals surface area (Å²) in [5, 5.41) is 0.743. The third kappa shape index (κ3) is 3.23. The molecule has 5 rings (SSSR count). The summed E-state index contributed by atoms with van der Waals surface area (Å²) in [4.78, 5) is 7.00. The van der Waals surface area contributed by atoms with Crippen LogP contribution in [-0.2, 0) is 13.3 Å². The number of thioether (sulfide) groups is 1. The maximum Gasteiger partial charge on any atom is 0.511 e. The van der Waals surface area contributed by atoms with Crippen molar-refractivity contribution in [2.75, 3.05) is 44.8 Å². The summed E-state index contributed by atoms with van der Waals surface area (Å²) < 4.78 is 20.4. The molecular formula is C14H18N2O3S2Si. The highest BCUT2D eigenvalue weighted by Crippen LogP contribution is 2.32. The monoisotopic (exact) mass is 354 g/mol. The van der Waals surface area contributed by atoms with Crippen LogP contribution in [0.15, 0.2) is 28.6 Å². The van der Waals surface area contributed by atoms with Gasteiger partial charge < -0.3 is 13.3 Å². The SMILES string of the molecule is c1ccc2sc(SC[Si]34OCCN(CCO3)CCO4)nc2c1. The number of para-hydroxylation sites is 1. The molecule has 1 aromatic carbocycles. The lowest BCUT2D eigenvalue weighted by molar-refractivity contribution is -0.00443. The number of fused-ring (bicyclic) bond motifs is 7. The van der Waals surface area contributed by atoms with Crippen molar-refractivity contribution in [2.24, 2.45) is 0 Å². The second kappa shape index (κ2) is 6.56. The molecule has 22 heavy (non-hydrogen) atoms. The summed E-state index contributed by atoms with van der Waals surface area (Å²) in [6, 6.07) is 8.23. The Bertz CT molecular complexity index is 594. The molecule has 0 N–H and O–H groups in total. The molecule has 3 aliphatic rings. The molecule has 0 saturated carbocycles. The van der Waals surface area contributed by atoms with Gasteiger partial charge in [0.25, 0.3) is 0 Å². The number of aromatic nitrogens is 1. The highest BCUT2D eigenvalue weighted by atomic mass is 32.2. The highest BCUT2D eigenvalue weighted by Gasteiger charge is 2.44. The molecule has 0 aliphatic carbocycles. The van der Waals surface area contributed by atoms with Crippen molar-refractivity contribution in [3.8, 4) is 0 Å². The number of thiazole rings is 1. The Morgan fingerprint density at radius 3 is 2.45 bits per heavy atom. The second-order valence-electron chi connectivity index (χ2n) is 5.31. The van der Waals surface area contributed by atoms with Gasteiger partial charge in [0, 0.05) is 19.6 Å². The Kier molecular flexibility index (Phi) is 4.49. The van der Waals surface area contributed by atoms with Gasteiger partial charge in [-0.15, -0.1) is 11.3 Å². The zero-order chi connectivity index (χ0) is 14.8. The van der Waals surface area contributed by atoms with Crippen molar-refractivity contribution in [3.05, 3.63) is 24.3 Å². The molecule has 0 unspecified atom stereocenters. The number of benzene rings is 1. The standard InChI is InChI=1S/C14H18N2O3S2Si/c1-2-4-13-12(3-1)15-14(21-13)20-11-22-17-8-5-16(6-9-18-22)7-10-19-22/h1-4H,5-11H2. The summed E-state index contributed by atoms with van der Waals surface area (Å²) >= 11 is 3.43. The van der Waals surface area contributed by atoms with Gasteiger partial charge >= 0.3 is 8.80 Å². The predicted octanol–water partition coefficient (Wildman–Crippen LogP) is 2.25. The van der Waals surface area contributed by atoms with Crippen LogP contribution in [0.25, 0.3) is 10.2 Å². The minimum atomic E-state index is -2.56. The van der Waals surface area contributed by atoms with E-state index < -0.39 is 8.80 Å². The topological polar surface area (TPSA) is 43.8 Å². The zero-order valence-corrected chi connectivity index (χ0v) is 14.8. The Morgan fingerprint density at radius 1 is 1.09 bits per heavy atom. The Morgan fingerprint density at radius 2 is 1.77 bits per heavy atom. The van der Waals surface area contributed by atoms with E-state index in [0.717, 1.165) is 34.9 Å². The maximum absolute atomic E-state index is 6.05. The van der Waals surface area contributed by atoms with Crippen molar-refractivity contribution in [1.82, 2.24) is 9.88 Å². The van der Waals surface area contributed by atoms with Crippen LogP contribution in [0.2, 0.25) is 0 Å². The maximum atomic E-state index is 6.05. The summed E-state index contributed by atoms with van der Waals surface area (Å²) in [6.45, 7) is 5.04. The molecule has 3 aliphatic heterocycles. The normalized spacial score (nSPS) is 29.2. The third-order valence-corrected chi connectivity index (χ3v) is 9.53. The Balaban J connectivity index is 1.48. The minimum absolute atomic E-state index is 0.701. The number of rotatable bonds is 3. The fraction of sp³-hybridized carbons (Fsp3) is 0.500. The van der Waals surface area contributed by atoms with E-state index in [4.69, 9.17) is 13.3 Å². The van der Waals surface area contributed by atoms with E-state index in [0.29, 0.717) is 19.8 Å². The van der Waals surface area contributed by atoms with Gasteiger partial charge in [0.15, 0.2) is 4.34 Å². The molecular weight excluding hydrogens is 336 g/mol. The number of hydrogen-bond donors (Lipinski definition) is 0.